The average molecular weight is 278 g/mol. The molecule has 0 aliphatic heterocycles. The first-order valence-corrected chi connectivity index (χ1v) is 6.74. The highest BCUT2D eigenvalue weighted by atomic mass is 35.5. The number of aromatic nitrogens is 1. The Morgan fingerprint density at radius 2 is 2.16 bits per heavy atom. The fourth-order valence-electron chi connectivity index (χ4n) is 1.99. The molecule has 1 atom stereocenters. The molecule has 0 bridgehead atoms. The van der Waals surface area contributed by atoms with Gasteiger partial charge in [-0.3, -0.25) is 4.98 Å². The van der Waals surface area contributed by atoms with Gasteiger partial charge in [0.05, 0.1) is 5.69 Å². The number of allylic oxidation sites excluding steroid dienone is 3. The zero-order valence-corrected chi connectivity index (χ0v) is 12.2. The van der Waals surface area contributed by atoms with Crippen molar-refractivity contribution in [3.05, 3.63) is 65.0 Å². The van der Waals surface area contributed by atoms with Gasteiger partial charge < -0.3 is 5.11 Å². The first kappa shape index (κ1) is 15.7. The molecule has 19 heavy (non-hydrogen) atoms. The third-order valence-corrected chi connectivity index (χ3v) is 3.28. The van der Waals surface area contributed by atoms with E-state index in [9.17, 15) is 5.11 Å². The maximum absolute atomic E-state index is 9.98. The minimum atomic E-state index is -0.588. The highest BCUT2D eigenvalue weighted by molar-refractivity contribution is 6.25. The van der Waals surface area contributed by atoms with Crippen molar-refractivity contribution in [2.75, 3.05) is 0 Å². The van der Waals surface area contributed by atoms with Crippen LogP contribution in [-0.4, -0.2) is 10.1 Å². The lowest BCUT2D eigenvalue weighted by atomic mass is 10.0. The van der Waals surface area contributed by atoms with Crippen LogP contribution >= 0.6 is 11.6 Å². The fourth-order valence-corrected chi connectivity index (χ4v) is 1.99. The van der Waals surface area contributed by atoms with E-state index in [1.54, 1.807) is 12.3 Å². The molecule has 1 aromatic rings. The Bertz CT molecular complexity index is 488. The van der Waals surface area contributed by atoms with Crippen LogP contribution in [0.3, 0.4) is 0 Å². The summed E-state index contributed by atoms with van der Waals surface area (Å²) in [5.41, 5.74) is 5.75. The number of hydrogen-bond acceptors (Lipinski definition) is 2. The van der Waals surface area contributed by atoms with Crippen LogP contribution in [0.25, 0.3) is 0 Å². The molecule has 1 heterocycles. The normalized spacial score (nSPS) is 17.9. The molecule has 0 radical (unpaired) electrons. The summed E-state index contributed by atoms with van der Waals surface area (Å²) in [7, 11) is 0. The van der Waals surface area contributed by atoms with Crippen molar-refractivity contribution in [2.24, 2.45) is 0 Å². The van der Waals surface area contributed by atoms with Crippen molar-refractivity contribution in [1.82, 2.24) is 4.98 Å². The highest BCUT2D eigenvalue weighted by Crippen LogP contribution is 2.27. The van der Waals surface area contributed by atoms with E-state index in [1.165, 1.54) is 16.7 Å². The zero-order chi connectivity index (χ0) is 14.3. The summed E-state index contributed by atoms with van der Waals surface area (Å²) >= 11 is 5.01. The lowest BCUT2D eigenvalue weighted by Gasteiger charge is -2.10. The fraction of sp³-hybridized carbons (Fsp3) is 0.312. The molecule has 1 aromatic heterocycles. The summed E-state index contributed by atoms with van der Waals surface area (Å²) in [4.78, 5) is 4.26. The van der Waals surface area contributed by atoms with Crippen LogP contribution in [0.2, 0.25) is 0 Å². The minimum absolute atomic E-state index is 0.588. The third-order valence-electron chi connectivity index (χ3n) is 3.03. The molecule has 102 valence electrons. The van der Waals surface area contributed by atoms with Gasteiger partial charge in [-0.2, -0.15) is 0 Å². The number of aryl methyl sites for hydroxylation is 1. The lowest BCUT2D eigenvalue weighted by Crippen LogP contribution is -2.02. The van der Waals surface area contributed by atoms with E-state index in [0.29, 0.717) is 0 Å². The van der Waals surface area contributed by atoms with Crippen molar-refractivity contribution >= 4 is 11.6 Å². The standard InChI is InChI=1S/C13H15NO.C3H5Cl/c1-3-10-4-5-11-9(2)6-7-14-13(11)12(15)8-10;1-2-3-4/h3,6-8,12,15H,1,4-5H2,2H3;2-3H,1H3/b;3-2-. The minimum Gasteiger partial charge on any atom is -0.383 e. The van der Waals surface area contributed by atoms with Gasteiger partial charge in [0.25, 0.3) is 0 Å². The number of aliphatic hydroxyl groups excluding tert-OH is 1. The van der Waals surface area contributed by atoms with E-state index in [0.717, 1.165) is 24.1 Å². The maximum Gasteiger partial charge on any atom is 0.115 e. The number of hydrogen-bond donors (Lipinski definition) is 1. The highest BCUT2D eigenvalue weighted by Gasteiger charge is 2.17. The van der Waals surface area contributed by atoms with E-state index in [4.69, 9.17) is 11.6 Å². The molecule has 0 fully saturated rings. The molecule has 1 aliphatic carbocycles. The quantitative estimate of drug-likeness (QED) is 0.833. The number of halogens is 1. The molecular formula is C16H20ClNO. The summed E-state index contributed by atoms with van der Waals surface area (Å²) in [5.74, 6) is 0. The van der Waals surface area contributed by atoms with E-state index >= 15 is 0 Å². The van der Waals surface area contributed by atoms with Gasteiger partial charge >= 0.3 is 0 Å². The van der Waals surface area contributed by atoms with Crippen molar-refractivity contribution in [3.8, 4) is 0 Å². The zero-order valence-electron chi connectivity index (χ0n) is 11.4. The summed E-state index contributed by atoms with van der Waals surface area (Å²) in [5, 5.41) is 9.98. The van der Waals surface area contributed by atoms with Crippen LogP contribution in [0.15, 0.2) is 48.2 Å². The van der Waals surface area contributed by atoms with Crippen LogP contribution in [0, 0.1) is 6.92 Å². The molecule has 1 aliphatic rings. The predicted octanol–water partition coefficient (Wildman–Crippen LogP) is 4.24. The molecule has 0 saturated heterocycles. The topological polar surface area (TPSA) is 33.1 Å². The number of pyridine rings is 1. The van der Waals surface area contributed by atoms with Gasteiger partial charge in [-0.1, -0.05) is 30.3 Å². The summed E-state index contributed by atoms with van der Waals surface area (Å²) in [6, 6.07) is 1.99. The number of rotatable bonds is 1. The van der Waals surface area contributed by atoms with Gasteiger partial charge in [-0.25, -0.2) is 0 Å². The van der Waals surface area contributed by atoms with Crippen molar-refractivity contribution in [3.63, 3.8) is 0 Å². The van der Waals surface area contributed by atoms with Gasteiger partial charge in [0.2, 0.25) is 0 Å². The van der Waals surface area contributed by atoms with Crippen molar-refractivity contribution < 1.29 is 5.11 Å². The third kappa shape index (κ3) is 4.34. The van der Waals surface area contributed by atoms with Gasteiger partial charge in [0, 0.05) is 6.20 Å². The van der Waals surface area contributed by atoms with Gasteiger partial charge in [0.1, 0.15) is 6.10 Å². The smallest absolute Gasteiger partial charge is 0.115 e. The summed E-state index contributed by atoms with van der Waals surface area (Å²) < 4.78 is 0. The Balaban J connectivity index is 0.000000399. The van der Waals surface area contributed by atoms with Crippen LogP contribution in [-0.2, 0) is 6.42 Å². The van der Waals surface area contributed by atoms with Gasteiger partial charge in [-0.05, 0) is 61.1 Å². The second-order valence-electron chi connectivity index (χ2n) is 4.34. The number of fused-ring (bicyclic) bond motifs is 1. The van der Waals surface area contributed by atoms with E-state index in [2.05, 4.69) is 18.5 Å². The molecule has 0 saturated carbocycles. The molecule has 1 N–H and O–H groups in total. The molecule has 0 aromatic carbocycles. The first-order valence-electron chi connectivity index (χ1n) is 6.31. The lowest BCUT2D eigenvalue weighted by molar-refractivity contribution is 0.222. The molecule has 3 heteroatoms. The summed E-state index contributed by atoms with van der Waals surface area (Å²) in [6.45, 7) is 7.68. The van der Waals surface area contributed by atoms with Crippen LogP contribution in [0.5, 0.6) is 0 Å². The number of aliphatic hydroxyl groups is 1. The molecular weight excluding hydrogens is 258 g/mol. The molecule has 2 rings (SSSR count). The Morgan fingerprint density at radius 3 is 2.74 bits per heavy atom. The van der Waals surface area contributed by atoms with Gasteiger partial charge in [0.15, 0.2) is 0 Å². The Kier molecular flexibility index (Phi) is 6.54. The maximum atomic E-state index is 9.98. The van der Waals surface area contributed by atoms with E-state index < -0.39 is 6.10 Å². The van der Waals surface area contributed by atoms with Gasteiger partial charge in [-0.15, -0.1) is 0 Å². The SMILES string of the molecule is C/C=C\Cl.C=CC1=CC(O)c2nccc(C)c2CC1. The molecule has 1 unspecified atom stereocenters. The van der Waals surface area contributed by atoms with Crippen molar-refractivity contribution in [1.29, 1.82) is 0 Å². The van der Waals surface area contributed by atoms with E-state index in [1.807, 2.05) is 25.1 Å². The monoisotopic (exact) mass is 277 g/mol. The van der Waals surface area contributed by atoms with Crippen LogP contribution < -0.4 is 0 Å². The average Bonchev–Trinajstić information content (AvgIpc) is 2.60. The summed E-state index contributed by atoms with van der Waals surface area (Å²) in [6.07, 6.45) is 8.45. The number of nitrogens with zero attached hydrogens (tertiary/aromatic N) is 1. The van der Waals surface area contributed by atoms with Crippen molar-refractivity contribution in [2.45, 2.75) is 32.8 Å². The van der Waals surface area contributed by atoms with E-state index in [-0.39, 0.29) is 0 Å². The van der Waals surface area contributed by atoms with Crippen LogP contribution in [0.1, 0.15) is 36.3 Å². The molecule has 0 spiro atoms. The Hall–Kier alpha value is -1.38. The Morgan fingerprint density at radius 1 is 1.47 bits per heavy atom. The largest absolute Gasteiger partial charge is 0.383 e. The molecule has 0 amide bonds. The second-order valence-corrected chi connectivity index (χ2v) is 4.59. The predicted molar refractivity (Wildman–Crippen MR) is 81.2 cm³/mol. The molecule has 2 nitrogen and oxygen atoms in total. The Labute approximate surface area is 120 Å². The van der Waals surface area contributed by atoms with Crippen LogP contribution in [0.4, 0.5) is 0 Å². The first-order chi connectivity index (χ1) is 9.13. The second kappa shape index (κ2) is 7.93.